The van der Waals surface area contributed by atoms with Crippen LogP contribution in [0.1, 0.15) is 54.9 Å². The molecule has 1 N–H and O–H groups in total. The molecule has 4 aromatic carbocycles. The van der Waals surface area contributed by atoms with Gasteiger partial charge in [-0.3, -0.25) is 0 Å². The lowest BCUT2D eigenvalue weighted by Gasteiger charge is -2.20. The van der Waals surface area contributed by atoms with Crippen molar-refractivity contribution in [3.63, 3.8) is 0 Å². The van der Waals surface area contributed by atoms with Crippen molar-refractivity contribution in [2.75, 3.05) is 6.54 Å². The summed E-state index contributed by atoms with van der Waals surface area (Å²) in [7, 11) is 0. The molecule has 0 radical (unpaired) electrons. The standard InChI is InChI=1S/C37H28F9NO/c1-2-3-4-5-21-7-13-34(47-20-21)25-11-12-27(29(39)17-25)24-10-9-23(28(38)16-24)8-6-22-14-30(40)35(31(41)15-22)37(45,46)48-26-18-32(42)36(44)33(43)19-26/h6-19,47H,2-5,20H2,1H3/b8-6+. The second kappa shape index (κ2) is 14.5. The molecule has 0 aromatic heterocycles. The number of hydrogen-bond donors (Lipinski definition) is 1. The van der Waals surface area contributed by atoms with E-state index in [1.165, 1.54) is 29.8 Å². The highest BCUT2D eigenvalue weighted by molar-refractivity contribution is 5.75. The van der Waals surface area contributed by atoms with E-state index >= 15 is 8.78 Å². The minimum Gasteiger partial charge on any atom is -0.429 e. The molecule has 250 valence electrons. The molecule has 1 heterocycles. The van der Waals surface area contributed by atoms with Crippen LogP contribution in [-0.2, 0) is 6.11 Å². The van der Waals surface area contributed by atoms with Crippen LogP contribution < -0.4 is 10.1 Å². The summed E-state index contributed by atoms with van der Waals surface area (Å²) in [4.78, 5) is 0. The van der Waals surface area contributed by atoms with Gasteiger partial charge in [-0.25, -0.2) is 30.7 Å². The molecular weight excluding hydrogens is 645 g/mol. The third-order valence-electron chi connectivity index (χ3n) is 7.70. The van der Waals surface area contributed by atoms with Crippen LogP contribution in [0.2, 0.25) is 0 Å². The first-order valence-electron chi connectivity index (χ1n) is 15.0. The molecule has 0 saturated heterocycles. The first kappa shape index (κ1) is 34.4. The Bertz CT molecular complexity index is 1880. The molecule has 0 saturated carbocycles. The zero-order valence-corrected chi connectivity index (χ0v) is 25.4. The van der Waals surface area contributed by atoms with E-state index in [1.807, 2.05) is 12.2 Å². The molecule has 0 atom stereocenters. The summed E-state index contributed by atoms with van der Waals surface area (Å²) in [5.41, 5.74) is 0.864. The molecule has 11 heteroatoms. The van der Waals surface area contributed by atoms with Gasteiger partial charge in [-0.15, -0.1) is 0 Å². The predicted octanol–water partition coefficient (Wildman–Crippen LogP) is 11.1. The third-order valence-corrected chi connectivity index (χ3v) is 7.70. The van der Waals surface area contributed by atoms with Gasteiger partial charge in [-0.05, 0) is 54.3 Å². The van der Waals surface area contributed by atoms with Gasteiger partial charge in [-0.2, -0.15) is 8.78 Å². The van der Waals surface area contributed by atoms with Gasteiger partial charge >= 0.3 is 6.11 Å². The van der Waals surface area contributed by atoms with Crippen molar-refractivity contribution in [2.24, 2.45) is 0 Å². The second-order valence-electron chi connectivity index (χ2n) is 11.2. The van der Waals surface area contributed by atoms with Crippen LogP contribution in [0.5, 0.6) is 5.75 Å². The maximum Gasteiger partial charge on any atom is 0.432 e. The molecule has 0 fully saturated rings. The second-order valence-corrected chi connectivity index (χ2v) is 11.2. The van der Waals surface area contributed by atoms with E-state index < -0.39 is 58.1 Å². The van der Waals surface area contributed by atoms with E-state index in [9.17, 15) is 30.7 Å². The lowest BCUT2D eigenvalue weighted by atomic mass is 9.98. The van der Waals surface area contributed by atoms with Gasteiger partial charge in [0.1, 0.15) is 34.6 Å². The zero-order chi connectivity index (χ0) is 34.6. The Morgan fingerprint density at radius 2 is 1.38 bits per heavy atom. The van der Waals surface area contributed by atoms with Crippen molar-refractivity contribution < 1.29 is 44.3 Å². The van der Waals surface area contributed by atoms with Crippen molar-refractivity contribution in [1.82, 2.24) is 5.32 Å². The highest BCUT2D eigenvalue weighted by Crippen LogP contribution is 2.37. The number of ether oxygens (including phenoxy) is 1. The lowest BCUT2D eigenvalue weighted by molar-refractivity contribution is -0.189. The van der Waals surface area contributed by atoms with E-state index in [0.717, 1.165) is 49.6 Å². The summed E-state index contributed by atoms with van der Waals surface area (Å²) in [5.74, 6) is -11.8. The Balaban J connectivity index is 1.30. The van der Waals surface area contributed by atoms with E-state index in [2.05, 4.69) is 17.0 Å². The number of dihydropyridines is 1. The van der Waals surface area contributed by atoms with Gasteiger partial charge < -0.3 is 10.1 Å². The lowest BCUT2D eigenvalue weighted by Crippen LogP contribution is -2.25. The van der Waals surface area contributed by atoms with Crippen molar-refractivity contribution in [1.29, 1.82) is 0 Å². The Hall–Kier alpha value is -4.93. The molecule has 0 bridgehead atoms. The zero-order valence-electron chi connectivity index (χ0n) is 25.4. The quantitative estimate of drug-likeness (QED) is 0.0741. The minimum absolute atomic E-state index is 0.0483. The van der Waals surface area contributed by atoms with E-state index in [1.54, 1.807) is 6.07 Å². The van der Waals surface area contributed by atoms with Gasteiger partial charge in [0.25, 0.3) is 0 Å². The van der Waals surface area contributed by atoms with Gasteiger partial charge in [0.05, 0.1) is 0 Å². The molecule has 0 unspecified atom stereocenters. The summed E-state index contributed by atoms with van der Waals surface area (Å²) in [6.07, 6.45) is 5.79. The predicted molar refractivity (Wildman–Crippen MR) is 166 cm³/mol. The average Bonchev–Trinajstić information content (AvgIpc) is 3.03. The van der Waals surface area contributed by atoms with Crippen LogP contribution in [0.25, 0.3) is 29.0 Å². The molecular formula is C37H28F9NO. The van der Waals surface area contributed by atoms with Crippen molar-refractivity contribution in [3.8, 4) is 16.9 Å². The third kappa shape index (κ3) is 7.78. The Labute approximate surface area is 270 Å². The maximum atomic E-state index is 15.2. The number of halogens is 9. The van der Waals surface area contributed by atoms with Gasteiger partial charge in [0.2, 0.25) is 0 Å². The van der Waals surface area contributed by atoms with Crippen molar-refractivity contribution in [2.45, 2.75) is 38.7 Å². The number of nitrogens with one attached hydrogen (secondary N) is 1. The van der Waals surface area contributed by atoms with E-state index in [-0.39, 0.29) is 34.4 Å². The fraction of sp³-hybridized carbons (Fsp3) is 0.189. The van der Waals surface area contributed by atoms with Crippen LogP contribution >= 0.6 is 0 Å². The Morgan fingerprint density at radius 3 is 1.98 bits per heavy atom. The number of allylic oxidation sites excluding steroid dienone is 2. The Kier molecular flexibility index (Phi) is 10.4. The first-order chi connectivity index (χ1) is 22.9. The van der Waals surface area contributed by atoms with Gasteiger partial charge in [-0.1, -0.05) is 67.8 Å². The van der Waals surface area contributed by atoms with Crippen LogP contribution in [-0.4, -0.2) is 6.54 Å². The number of unbranched alkanes of at least 4 members (excludes halogenated alkanes) is 2. The minimum atomic E-state index is -4.75. The van der Waals surface area contributed by atoms with Crippen LogP contribution in [0, 0.1) is 40.7 Å². The maximum absolute atomic E-state index is 15.2. The number of alkyl halides is 2. The summed E-state index contributed by atoms with van der Waals surface area (Å²) in [5, 5.41) is 3.31. The molecule has 48 heavy (non-hydrogen) atoms. The van der Waals surface area contributed by atoms with Crippen LogP contribution in [0.4, 0.5) is 39.5 Å². The number of rotatable bonds is 11. The molecule has 4 aromatic rings. The smallest absolute Gasteiger partial charge is 0.429 e. The largest absolute Gasteiger partial charge is 0.432 e. The normalized spacial score (nSPS) is 13.4. The van der Waals surface area contributed by atoms with Crippen LogP contribution in [0.15, 0.2) is 78.4 Å². The molecule has 0 aliphatic carbocycles. The van der Waals surface area contributed by atoms with Gasteiger partial charge in [0.15, 0.2) is 17.5 Å². The fourth-order valence-corrected chi connectivity index (χ4v) is 5.19. The SMILES string of the molecule is CCCCCC1=CC=C(c2ccc(-c3ccc(/C=C/c4cc(F)c(C(F)(F)Oc5cc(F)c(F)c(F)c5)c(F)c4)c(F)c3)c(F)c2)NC1. The van der Waals surface area contributed by atoms with E-state index in [0.29, 0.717) is 24.2 Å². The molecule has 0 spiro atoms. The molecule has 5 rings (SSSR count). The summed E-state index contributed by atoms with van der Waals surface area (Å²) in [6, 6.07) is 9.68. The Morgan fingerprint density at radius 1 is 0.708 bits per heavy atom. The van der Waals surface area contributed by atoms with Gasteiger partial charge in [0, 0.05) is 41.1 Å². The highest BCUT2D eigenvalue weighted by atomic mass is 19.3. The number of hydrogen-bond acceptors (Lipinski definition) is 2. The monoisotopic (exact) mass is 673 g/mol. The van der Waals surface area contributed by atoms with Crippen LogP contribution in [0.3, 0.4) is 0 Å². The summed E-state index contributed by atoms with van der Waals surface area (Å²) >= 11 is 0. The topological polar surface area (TPSA) is 21.3 Å². The molecule has 1 aliphatic heterocycles. The van der Waals surface area contributed by atoms with Crippen molar-refractivity contribution >= 4 is 17.8 Å². The van der Waals surface area contributed by atoms with E-state index in [4.69, 9.17) is 0 Å². The molecule has 1 aliphatic rings. The summed E-state index contributed by atoms with van der Waals surface area (Å²) < 4.78 is 133. The average molecular weight is 674 g/mol. The summed E-state index contributed by atoms with van der Waals surface area (Å²) in [6.45, 7) is 2.82. The number of benzene rings is 4. The highest BCUT2D eigenvalue weighted by Gasteiger charge is 2.41. The molecule has 0 amide bonds. The molecule has 2 nitrogen and oxygen atoms in total. The van der Waals surface area contributed by atoms with Crippen molar-refractivity contribution in [3.05, 3.63) is 141 Å². The fourth-order valence-electron chi connectivity index (χ4n) is 5.19. The first-order valence-corrected chi connectivity index (χ1v) is 15.0.